The largest absolute Gasteiger partial charge is 0.487 e. The van der Waals surface area contributed by atoms with Crippen LogP contribution in [0.4, 0.5) is 0 Å². The van der Waals surface area contributed by atoms with Gasteiger partial charge >= 0.3 is 0 Å². The summed E-state index contributed by atoms with van der Waals surface area (Å²) in [4.78, 5) is 0. The van der Waals surface area contributed by atoms with E-state index >= 15 is 0 Å². The molecule has 0 atom stereocenters. The average molecular weight is 259 g/mol. The molecule has 0 bridgehead atoms. The van der Waals surface area contributed by atoms with E-state index in [4.69, 9.17) is 4.74 Å². The second-order valence-electron chi connectivity index (χ2n) is 6.73. The Morgan fingerprint density at radius 3 is 2.84 bits per heavy atom. The number of nitrogens with one attached hydrogen (secondary N) is 1. The maximum absolute atomic E-state index is 6.11. The average Bonchev–Trinajstić information content (AvgIpc) is 2.95. The SMILES string of the molecule is CC1(C)Cc2cccc(CNCC3CCCC3)c2O1. The third kappa shape index (κ3) is 2.94. The van der Waals surface area contributed by atoms with Crippen LogP contribution in [0.15, 0.2) is 18.2 Å². The van der Waals surface area contributed by atoms with Gasteiger partial charge in [-0.1, -0.05) is 31.0 Å². The predicted octanol–water partition coefficient (Wildman–Crippen LogP) is 3.68. The second-order valence-corrected chi connectivity index (χ2v) is 6.73. The van der Waals surface area contributed by atoms with Crippen molar-refractivity contribution in [2.75, 3.05) is 6.54 Å². The van der Waals surface area contributed by atoms with E-state index in [-0.39, 0.29) is 5.60 Å². The number of fused-ring (bicyclic) bond motifs is 1. The summed E-state index contributed by atoms with van der Waals surface area (Å²) >= 11 is 0. The van der Waals surface area contributed by atoms with Crippen molar-refractivity contribution in [1.82, 2.24) is 5.32 Å². The van der Waals surface area contributed by atoms with E-state index in [2.05, 4.69) is 37.4 Å². The predicted molar refractivity (Wildman–Crippen MR) is 78.5 cm³/mol. The second kappa shape index (κ2) is 5.16. The van der Waals surface area contributed by atoms with E-state index in [0.29, 0.717) is 0 Å². The highest BCUT2D eigenvalue weighted by Gasteiger charge is 2.31. The highest BCUT2D eigenvalue weighted by molar-refractivity contribution is 5.45. The maximum atomic E-state index is 6.11. The van der Waals surface area contributed by atoms with Gasteiger partial charge in [0.05, 0.1) is 0 Å². The van der Waals surface area contributed by atoms with Crippen LogP contribution in [-0.2, 0) is 13.0 Å². The molecule has 1 fully saturated rings. The molecule has 19 heavy (non-hydrogen) atoms. The van der Waals surface area contributed by atoms with Gasteiger partial charge in [-0.2, -0.15) is 0 Å². The van der Waals surface area contributed by atoms with Crippen LogP contribution in [0.3, 0.4) is 0 Å². The lowest BCUT2D eigenvalue weighted by molar-refractivity contribution is 0.137. The molecule has 3 rings (SSSR count). The zero-order chi connectivity index (χ0) is 13.3. The van der Waals surface area contributed by atoms with Crippen LogP contribution in [0.1, 0.15) is 50.7 Å². The molecule has 1 aliphatic carbocycles. The molecule has 0 unspecified atom stereocenters. The Labute approximate surface area is 116 Å². The van der Waals surface area contributed by atoms with Crippen LogP contribution >= 0.6 is 0 Å². The molecule has 0 spiro atoms. The summed E-state index contributed by atoms with van der Waals surface area (Å²) in [5.41, 5.74) is 2.65. The number of para-hydroxylation sites is 1. The number of ether oxygens (including phenoxy) is 1. The molecule has 1 heterocycles. The number of hydrogen-bond donors (Lipinski definition) is 1. The van der Waals surface area contributed by atoms with Gasteiger partial charge in [0.15, 0.2) is 0 Å². The van der Waals surface area contributed by atoms with Crippen molar-refractivity contribution in [3.05, 3.63) is 29.3 Å². The van der Waals surface area contributed by atoms with Gasteiger partial charge in [-0.05, 0) is 44.7 Å². The Balaban J connectivity index is 1.61. The number of rotatable bonds is 4. The van der Waals surface area contributed by atoms with Crippen molar-refractivity contribution >= 4 is 0 Å². The first-order chi connectivity index (χ1) is 9.14. The van der Waals surface area contributed by atoms with E-state index in [1.54, 1.807) is 0 Å². The van der Waals surface area contributed by atoms with Gasteiger partial charge in [0.25, 0.3) is 0 Å². The molecule has 0 aromatic heterocycles. The Kier molecular flexibility index (Phi) is 3.53. The molecule has 1 aliphatic heterocycles. The van der Waals surface area contributed by atoms with Gasteiger partial charge < -0.3 is 10.1 Å². The third-order valence-corrected chi connectivity index (χ3v) is 4.40. The zero-order valence-corrected chi connectivity index (χ0v) is 12.2. The minimum atomic E-state index is -0.0378. The van der Waals surface area contributed by atoms with E-state index in [0.717, 1.165) is 31.2 Å². The van der Waals surface area contributed by atoms with Gasteiger partial charge in [-0.15, -0.1) is 0 Å². The molecular formula is C17H25NO. The Morgan fingerprint density at radius 1 is 1.26 bits per heavy atom. The minimum Gasteiger partial charge on any atom is -0.487 e. The molecule has 2 aliphatic rings. The number of benzene rings is 1. The van der Waals surface area contributed by atoms with Crippen LogP contribution in [0.2, 0.25) is 0 Å². The van der Waals surface area contributed by atoms with Gasteiger partial charge in [-0.25, -0.2) is 0 Å². The summed E-state index contributed by atoms with van der Waals surface area (Å²) in [5, 5.41) is 3.62. The van der Waals surface area contributed by atoms with Gasteiger partial charge in [0, 0.05) is 18.5 Å². The van der Waals surface area contributed by atoms with Crippen molar-refractivity contribution in [1.29, 1.82) is 0 Å². The lowest BCUT2D eigenvalue weighted by atomic mass is 10.0. The topological polar surface area (TPSA) is 21.3 Å². The standard InChI is InChI=1S/C17H25NO/c1-17(2)10-14-8-5-9-15(16(14)19-17)12-18-11-13-6-3-4-7-13/h5,8-9,13,18H,3-4,6-7,10-12H2,1-2H3. The number of hydrogen-bond acceptors (Lipinski definition) is 2. The van der Waals surface area contributed by atoms with E-state index < -0.39 is 0 Å². The smallest absolute Gasteiger partial charge is 0.127 e. The summed E-state index contributed by atoms with van der Waals surface area (Å²) in [7, 11) is 0. The fourth-order valence-electron chi connectivity index (χ4n) is 3.44. The first-order valence-corrected chi connectivity index (χ1v) is 7.64. The van der Waals surface area contributed by atoms with Crippen LogP contribution < -0.4 is 10.1 Å². The van der Waals surface area contributed by atoms with Crippen molar-refractivity contribution in [2.24, 2.45) is 5.92 Å². The van der Waals surface area contributed by atoms with Gasteiger partial charge in [0.1, 0.15) is 11.4 Å². The molecule has 1 N–H and O–H groups in total. The normalized spacial score (nSPS) is 21.4. The molecule has 1 aromatic rings. The van der Waals surface area contributed by atoms with Crippen LogP contribution in [0, 0.1) is 5.92 Å². The summed E-state index contributed by atoms with van der Waals surface area (Å²) in [6, 6.07) is 6.56. The lowest BCUT2D eigenvalue weighted by Gasteiger charge is -2.18. The zero-order valence-electron chi connectivity index (χ0n) is 12.2. The van der Waals surface area contributed by atoms with Gasteiger partial charge in [-0.3, -0.25) is 0 Å². The van der Waals surface area contributed by atoms with Crippen molar-refractivity contribution < 1.29 is 4.74 Å². The van der Waals surface area contributed by atoms with Gasteiger partial charge in [0.2, 0.25) is 0 Å². The molecule has 2 heteroatoms. The highest BCUT2D eigenvalue weighted by Crippen LogP contribution is 2.37. The monoisotopic (exact) mass is 259 g/mol. The molecule has 1 aromatic carbocycles. The van der Waals surface area contributed by atoms with E-state index in [1.165, 1.54) is 36.8 Å². The Morgan fingerprint density at radius 2 is 2.05 bits per heavy atom. The first-order valence-electron chi connectivity index (χ1n) is 7.64. The molecule has 1 saturated carbocycles. The summed E-state index contributed by atoms with van der Waals surface area (Å²) < 4.78 is 6.11. The summed E-state index contributed by atoms with van der Waals surface area (Å²) in [6.45, 7) is 6.44. The Bertz CT molecular complexity index is 447. The molecule has 0 radical (unpaired) electrons. The summed E-state index contributed by atoms with van der Waals surface area (Å²) in [6.07, 6.45) is 6.68. The van der Waals surface area contributed by atoms with E-state index in [1.807, 2.05) is 0 Å². The third-order valence-electron chi connectivity index (χ3n) is 4.40. The fourth-order valence-corrected chi connectivity index (χ4v) is 3.44. The van der Waals surface area contributed by atoms with E-state index in [9.17, 15) is 0 Å². The highest BCUT2D eigenvalue weighted by atomic mass is 16.5. The maximum Gasteiger partial charge on any atom is 0.127 e. The van der Waals surface area contributed by atoms with Crippen molar-refractivity contribution in [2.45, 2.75) is 58.1 Å². The van der Waals surface area contributed by atoms with Crippen molar-refractivity contribution in [3.8, 4) is 5.75 Å². The quantitative estimate of drug-likeness (QED) is 0.890. The molecular weight excluding hydrogens is 234 g/mol. The summed E-state index contributed by atoms with van der Waals surface area (Å²) in [5.74, 6) is 2.03. The molecule has 2 nitrogen and oxygen atoms in total. The molecule has 0 saturated heterocycles. The molecule has 0 amide bonds. The molecule has 104 valence electrons. The fraction of sp³-hybridized carbons (Fsp3) is 0.647. The van der Waals surface area contributed by atoms with Crippen LogP contribution in [0.5, 0.6) is 5.75 Å². The van der Waals surface area contributed by atoms with Crippen molar-refractivity contribution in [3.63, 3.8) is 0 Å². The lowest BCUT2D eigenvalue weighted by Crippen LogP contribution is -2.25. The first kappa shape index (κ1) is 13.0. The Hall–Kier alpha value is -1.02. The van der Waals surface area contributed by atoms with Crippen LogP contribution in [0.25, 0.3) is 0 Å². The van der Waals surface area contributed by atoms with Crippen LogP contribution in [-0.4, -0.2) is 12.1 Å². The minimum absolute atomic E-state index is 0.0378.